The number of carbonyl (C=O) groups excluding carboxylic acids is 3. The molecule has 0 unspecified atom stereocenters. The first-order valence-corrected chi connectivity index (χ1v) is 11.3. The van der Waals surface area contributed by atoms with Gasteiger partial charge in [0.2, 0.25) is 5.91 Å². The van der Waals surface area contributed by atoms with Crippen molar-refractivity contribution in [1.29, 1.82) is 0 Å². The summed E-state index contributed by atoms with van der Waals surface area (Å²) in [6.45, 7) is 2.28. The van der Waals surface area contributed by atoms with E-state index >= 15 is 0 Å². The van der Waals surface area contributed by atoms with Gasteiger partial charge in [0.25, 0.3) is 5.91 Å². The normalized spacial score (nSPS) is 22.7. The average Bonchev–Trinajstić information content (AvgIpc) is 3.54. The van der Waals surface area contributed by atoms with Crippen molar-refractivity contribution in [2.45, 2.75) is 50.7 Å². The molecule has 3 aliphatic rings. The molecule has 1 spiro atoms. The van der Waals surface area contributed by atoms with Crippen LogP contribution in [-0.4, -0.2) is 40.2 Å². The van der Waals surface area contributed by atoms with E-state index in [0.717, 1.165) is 34.4 Å². The molecule has 2 aliphatic carbocycles. The molecule has 1 saturated carbocycles. The Morgan fingerprint density at radius 1 is 1.22 bits per heavy atom. The summed E-state index contributed by atoms with van der Waals surface area (Å²) in [5, 5.41) is 2.89. The number of benzene rings is 2. The van der Waals surface area contributed by atoms with Crippen molar-refractivity contribution >= 4 is 23.5 Å². The summed E-state index contributed by atoms with van der Waals surface area (Å²) in [5.41, 5.74) is 8.23. The van der Waals surface area contributed by atoms with E-state index in [0.29, 0.717) is 31.0 Å². The van der Waals surface area contributed by atoms with Crippen LogP contribution in [-0.2, 0) is 28.1 Å². The summed E-state index contributed by atoms with van der Waals surface area (Å²) in [6.07, 6.45) is 3.35. The van der Waals surface area contributed by atoms with Gasteiger partial charge in [-0.2, -0.15) is 0 Å². The van der Waals surface area contributed by atoms with Gasteiger partial charge < -0.3 is 16.0 Å². The molecule has 1 heterocycles. The molecule has 2 atom stereocenters. The Labute approximate surface area is 187 Å². The molecule has 2 aromatic rings. The first kappa shape index (κ1) is 20.5. The summed E-state index contributed by atoms with van der Waals surface area (Å²) in [6, 6.07) is 14.8. The molecular weight excluding hydrogens is 404 g/mol. The molecule has 32 heavy (non-hydrogen) atoms. The molecule has 5 rings (SSSR count). The number of rotatable bonds is 6. The van der Waals surface area contributed by atoms with Crippen LogP contribution in [0.5, 0.6) is 0 Å². The molecule has 7 nitrogen and oxygen atoms in total. The Morgan fingerprint density at radius 3 is 2.69 bits per heavy atom. The van der Waals surface area contributed by atoms with Gasteiger partial charge in [0.15, 0.2) is 0 Å². The van der Waals surface area contributed by atoms with Gasteiger partial charge in [-0.15, -0.1) is 0 Å². The van der Waals surface area contributed by atoms with Crippen LogP contribution in [0.25, 0.3) is 0 Å². The molecule has 2 fully saturated rings. The molecule has 4 amide bonds. The fourth-order valence-electron chi connectivity index (χ4n) is 5.11. The number of aryl methyl sites for hydroxylation is 1. The van der Waals surface area contributed by atoms with Gasteiger partial charge >= 0.3 is 6.03 Å². The van der Waals surface area contributed by atoms with Gasteiger partial charge in [-0.3, -0.25) is 14.5 Å². The minimum Gasteiger partial charge on any atom is -0.399 e. The fourth-order valence-corrected chi connectivity index (χ4v) is 5.11. The van der Waals surface area contributed by atoms with Crippen LogP contribution in [0.15, 0.2) is 48.5 Å². The van der Waals surface area contributed by atoms with Gasteiger partial charge in [0.05, 0.1) is 0 Å². The van der Waals surface area contributed by atoms with Crippen LogP contribution < -0.4 is 11.1 Å². The zero-order chi connectivity index (χ0) is 22.5. The summed E-state index contributed by atoms with van der Waals surface area (Å²) < 4.78 is 0. The molecule has 166 valence electrons. The van der Waals surface area contributed by atoms with Crippen molar-refractivity contribution in [3.63, 3.8) is 0 Å². The van der Waals surface area contributed by atoms with Crippen molar-refractivity contribution in [1.82, 2.24) is 15.1 Å². The van der Waals surface area contributed by atoms with E-state index < -0.39 is 11.6 Å². The van der Waals surface area contributed by atoms with Gasteiger partial charge in [0, 0.05) is 18.3 Å². The lowest BCUT2D eigenvalue weighted by Crippen LogP contribution is -2.47. The maximum absolute atomic E-state index is 13.5. The van der Waals surface area contributed by atoms with E-state index in [1.807, 2.05) is 47.4 Å². The smallest absolute Gasteiger partial charge is 0.325 e. The van der Waals surface area contributed by atoms with E-state index in [1.165, 1.54) is 0 Å². The van der Waals surface area contributed by atoms with Gasteiger partial charge in [-0.1, -0.05) is 36.4 Å². The zero-order valence-electron chi connectivity index (χ0n) is 18.2. The Bertz CT molecular complexity index is 1080. The van der Waals surface area contributed by atoms with Crippen LogP contribution in [0.3, 0.4) is 0 Å². The topological polar surface area (TPSA) is 95.7 Å². The number of imide groups is 1. The number of nitrogens with zero attached hydrogens (tertiary/aromatic N) is 2. The zero-order valence-corrected chi connectivity index (χ0v) is 18.2. The molecule has 1 aliphatic heterocycles. The highest BCUT2D eigenvalue weighted by Crippen LogP contribution is 2.42. The number of hydrogen-bond donors (Lipinski definition) is 2. The van der Waals surface area contributed by atoms with Gasteiger partial charge in [-0.05, 0) is 67.3 Å². The van der Waals surface area contributed by atoms with E-state index in [2.05, 4.69) is 12.2 Å². The summed E-state index contributed by atoms with van der Waals surface area (Å²) in [4.78, 5) is 42.6. The van der Waals surface area contributed by atoms with Crippen molar-refractivity contribution in [2.75, 3.05) is 12.3 Å². The van der Waals surface area contributed by atoms with Crippen LogP contribution in [0.4, 0.5) is 10.5 Å². The third-order valence-corrected chi connectivity index (χ3v) is 7.14. The predicted octanol–water partition coefficient (Wildman–Crippen LogP) is 2.79. The number of hydrogen-bond acceptors (Lipinski definition) is 4. The first-order valence-electron chi connectivity index (χ1n) is 11.3. The second kappa shape index (κ2) is 7.65. The Morgan fingerprint density at radius 2 is 1.97 bits per heavy atom. The van der Waals surface area contributed by atoms with Crippen molar-refractivity contribution in [2.24, 2.45) is 5.92 Å². The van der Waals surface area contributed by atoms with Crippen LogP contribution in [0.2, 0.25) is 0 Å². The minimum absolute atomic E-state index is 0.0626. The van der Waals surface area contributed by atoms with E-state index in [1.54, 1.807) is 6.07 Å². The second-order valence-electron chi connectivity index (χ2n) is 9.23. The lowest BCUT2D eigenvalue weighted by molar-refractivity contribution is -0.141. The molecule has 7 heteroatoms. The Kier molecular flexibility index (Phi) is 4.92. The average molecular weight is 433 g/mol. The number of amides is 4. The maximum Gasteiger partial charge on any atom is 0.325 e. The number of carbonyl (C=O) groups is 3. The molecular formula is C25H28N4O3. The standard InChI is InChI=1S/C25H28N4O3/c1-16(18-7-8-18)28(14-17-5-3-2-4-6-17)22(30)15-29-23(31)25(27-24(29)32)12-11-19-13-20(26)9-10-21(19)25/h2-6,9-10,13,16,18H,7-8,11-12,14-15,26H2,1H3,(H,27,32)/t16-,25-/m0/s1. The number of anilines is 1. The lowest BCUT2D eigenvalue weighted by Gasteiger charge is -2.31. The summed E-state index contributed by atoms with van der Waals surface area (Å²) in [5.74, 6) is -0.0771. The van der Waals surface area contributed by atoms with Crippen molar-refractivity contribution in [3.8, 4) is 0 Å². The lowest BCUT2D eigenvalue weighted by atomic mass is 9.91. The molecule has 3 N–H and O–H groups in total. The van der Waals surface area contributed by atoms with Crippen LogP contribution in [0.1, 0.15) is 42.9 Å². The Hall–Kier alpha value is -3.35. The molecule has 0 aromatic heterocycles. The molecule has 0 radical (unpaired) electrons. The van der Waals surface area contributed by atoms with Gasteiger partial charge in [-0.25, -0.2) is 4.79 Å². The highest BCUT2D eigenvalue weighted by Gasteiger charge is 2.55. The number of nitrogens with two attached hydrogens (primary N) is 1. The fraction of sp³-hybridized carbons (Fsp3) is 0.400. The highest BCUT2D eigenvalue weighted by molar-refractivity contribution is 6.10. The van der Waals surface area contributed by atoms with Gasteiger partial charge in [0.1, 0.15) is 12.1 Å². The first-order chi connectivity index (χ1) is 15.4. The monoisotopic (exact) mass is 432 g/mol. The van der Waals surface area contributed by atoms with E-state index in [9.17, 15) is 14.4 Å². The summed E-state index contributed by atoms with van der Waals surface area (Å²) >= 11 is 0. The quantitative estimate of drug-likeness (QED) is 0.542. The number of urea groups is 1. The van der Waals surface area contributed by atoms with Crippen molar-refractivity contribution < 1.29 is 14.4 Å². The van der Waals surface area contributed by atoms with Crippen LogP contribution >= 0.6 is 0 Å². The van der Waals surface area contributed by atoms with Crippen LogP contribution in [0, 0.1) is 5.92 Å². The van der Waals surface area contributed by atoms with E-state index in [4.69, 9.17) is 5.73 Å². The Balaban J connectivity index is 1.37. The van der Waals surface area contributed by atoms with Crippen molar-refractivity contribution in [3.05, 3.63) is 65.2 Å². The maximum atomic E-state index is 13.5. The molecule has 1 saturated heterocycles. The molecule has 2 aromatic carbocycles. The number of nitrogen functional groups attached to an aromatic ring is 1. The van der Waals surface area contributed by atoms with E-state index in [-0.39, 0.29) is 24.4 Å². The SMILES string of the molecule is C[C@@H](C1CC1)N(Cc1ccccc1)C(=O)CN1C(=O)N[C@]2(CCc3cc(N)ccc32)C1=O. The predicted molar refractivity (Wildman–Crippen MR) is 120 cm³/mol. The second-order valence-corrected chi connectivity index (χ2v) is 9.23. The highest BCUT2D eigenvalue weighted by atomic mass is 16.2. The largest absolute Gasteiger partial charge is 0.399 e. The summed E-state index contributed by atoms with van der Waals surface area (Å²) in [7, 11) is 0. The number of nitrogens with one attached hydrogen (secondary N) is 1. The third-order valence-electron chi connectivity index (χ3n) is 7.14. The minimum atomic E-state index is -1.09. The third kappa shape index (κ3) is 3.42. The molecule has 0 bridgehead atoms. The number of fused-ring (bicyclic) bond motifs is 2.